The molecule has 0 unspecified atom stereocenters. The van der Waals surface area contributed by atoms with Crippen molar-refractivity contribution in [2.45, 2.75) is 44.9 Å². The summed E-state index contributed by atoms with van der Waals surface area (Å²) in [6, 6.07) is 1.83. The topological polar surface area (TPSA) is 79.2 Å². The molecule has 2 heterocycles. The van der Waals surface area contributed by atoms with E-state index in [-0.39, 0.29) is 0 Å². The molecule has 1 aliphatic rings. The second-order valence-electron chi connectivity index (χ2n) is 5.54. The summed E-state index contributed by atoms with van der Waals surface area (Å²) in [7, 11) is 0. The minimum Gasteiger partial charge on any atom is -0.357 e. The fourth-order valence-electron chi connectivity index (χ4n) is 3.04. The SMILES string of the molecule is [NH3+]CCc1nnc(-c2ncccn2)c2c1CCCCCC2. The van der Waals surface area contributed by atoms with E-state index in [9.17, 15) is 0 Å². The van der Waals surface area contributed by atoms with Crippen molar-refractivity contribution in [1.82, 2.24) is 20.2 Å². The molecule has 0 atom stereocenters. The van der Waals surface area contributed by atoms with Gasteiger partial charge in [-0.25, -0.2) is 9.97 Å². The van der Waals surface area contributed by atoms with Crippen molar-refractivity contribution >= 4 is 0 Å². The standard InChI is InChI=1S/C16H21N5/c17-9-8-14-12-6-3-1-2-4-7-13(12)15(21-20-14)16-18-10-5-11-19-16/h5,10-11H,1-4,6-9,17H2/p+1. The molecule has 2 aromatic rings. The molecule has 5 heteroatoms. The van der Waals surface area contributed by atoms with Gasteiger partial charge in [0.1, 0.15) is 5.69 Å². The summed E-state index contributed by atoms with van der Waals surface area (Å²) < 4.78 is 0. The maximum Gasteiger partial charge on any atom is 0.180 e. The van der Waals surface area contributed by atoms with Crippen LogP contribution in [0.5, 0.6) is 0 Å². The zero-order chi connectivity index (χ0) is 14.5. The van der Waals surface area contributed by atoms with Gasteiger partial charge in [-0.1, -0.05) is 12.8 Å². The van der Waals surface area contributed by atoms with Crippen molar-refractivity contribution in [2.24, 2.45) is 0 Å². The second-order valence-corrected chi connectivity index (χ2v) is 5.54. The van der Waals surface area contributed by atoms with Crippen molar-refractivity contribution in [3.8, 4) is 11.5 Å². The second kappa shape index (κ2) is 6.72. The maximum atomic E-state index is 4.46. The lowest BCUT2D eigenvalue weighted by Gasteiger charge is -2.18. The normalized spacial score (nSPS) is 15.1. The summed E-state index contributed by atoms with van der Waals surface area (Å²) >= 11 is 0. The monoisotopic (exact) mass is 284 g/mol. The van der Waals surface area contributed by atoms with Gasteiger partial charge in [0.15, 0.2) is 5.82 Å². The third kappa shape index (κ3) is 3.08. The Morgan fingerprint density at radius 2 is 1.62 bits per heavy atom. The smallest absolute Gasteiger partial charge is 0.180 e. The molecule has 0 saturated carbocycles. The lowest BCUT2D eigenvalue weighted by molar-refractivity contribution is -0.366. The van der Waals surface area contributed by atoms with Gasteiger partial charge in [-0.2, -0.15) is 5.10 Å². The highest BCUT2D eigenvalue weighted by atomic mass is 15.1. The highest BCUT2D eigenvalue weighted by molar-refractivity contribution is 5.57. The summed E-state index contributed by atoms with van der Waals surface area (Å²) in [4.78, 5) is 8.72. The van der Waals surface area contributed by atoms with Gasteiger partial charge in [0.25, 0.3) is 0 Å². The minimum atomic E-state index is 0.697. The molecule has 0 fully saturated rings. The molecule has 0 radical (unpaired) electrons. The molecule has 2 aromatic heterocycles. The van der Waals surface area contributed by atoms with Gasteiger partial charge in [-0.3, -0.25) is 0 Å². The van der Waals surface area contributed by atoms with Crippen LogP contribution in [0, 0.1) is 0 Å². The molecule has 0 spiro atoms. The van der Waals surface area contributed by atoms with Gasteiger partial charge in [0.05, 0.1) is 12.2 Å². The van der Waals surface area contributed by atoms with Crippen molar-refractivity contribution in [3.05, 3.63) is 35.3 Å². The Bertz CT molecular complexity index is 597. The van der Waals surface area contributed by atoms with Crippen LogP contribution in [0.4, 0.5) is 0 Å². The number of hydrogen-bond acceptors (Lipinski definition) is 4. The average Bonchev–Trinajstić information content (AvgIpc) is 2.49. The fourth-order valence-corrected chi connectivity index (χ4v) is 3.04. The molecule has 0 bridgehead atoms. The Morgan fingerprint density at radius 1 is 0.905 bits per heavy atom. The van der Waals surface area contributed by atoms with Crippen LogP contribution < -0.4 is 5.73 Å². The highest BCUT2D eigenvalue weighted by Crippen LogP contribution is 2.28. The number of aromatic nitrogens is 4. The first-order valence-corrected chi connectivity index (χ1v) is 7.84. The molecule has 0 aromatic carbocycles. The summed E-state index contributed by atoms with van der Waals surface area (Å²) in [5, 5.41) is 8.91. The van der Waals surface area contributed by atoms with Crippen molar-refractivity contribution in [2.75, 3.05) is 6.54 Å². The Hall–Kier alpha value is -1.88. The van der Waals surface area contributed by atoms with Crippen LogP contribution in [0.1, 0.15) is 42.5 Å². The zero-order valence-electron chi connectivity index (χ0n) is 12.4. The minimum absolute atomic E-state index is 0.697. The van der Waals surface area contributed by atoms with Gasteiger partial charge in [0.2, 0.25) is 0 Å². The van der Waals surface area contributed by atoms with Crippen molar-refractivity contribution < 1.29 is 5.73 Å². The predicted molar refractivity (Wildman–Crippen MR) is 80.4 cm³/mol. The first-order valence-electron chi connectivity index (χ1n) is 7.84. The van der Waals surface area contributed by atoms with E-state index < -0.39 is 0 Å². The van der Waals surface area contributed by atoms with Crippen LogP contribution in [0.2, 0.25) is 0 Å². The lowest BCUT2D eigenvalue weighted by Crippen LogP contribution is -2.51. The number of fused-ring (bicyclic) bond motifs is 1. The molecule has 0 saturated heterocycles. The van der Waals surface area contributed by atoms with E-state index >= 15 is 0 Å². The largest absolute Gasteiger partial charge is 0.357 e. The molecule has 0 aliphatic heterocycles. The van der Waals surface area contributed by atoms with E-state index in [1.807, 2.05) is 6.07 Å². The number of hydrogen-bond donors (Lipinski definition) is 1. The highest BCUT2D eigenvalue weighted by Gasteiger charge is 2.19. The number of quaternary nitrogens is 1. The van der Waals surface area contributed by atoms with Crippen LogP contribution in [-0.2, 0) is 19.3 Å². The van der Waals surface area contributed by atoms with Gasteiger partial charge >= 0.3 is 0 Å². The average molecular weight is 284 g/mol. The number of rotatable bonds is 3. The summed E-state index contributed by atoms with van der Waals surface area (Å²) in [6.07, 6.45) is 11.6. The van der Waals surface area contributed by atoms with Crippen LogP contribution in [0.3, 0.4) is 0 Å². The molecule has 21 heavy (non-hydrogen) atoms. The molecule has 1 aliphatic carbocycles. The van der Waals surface area contributed by atoms with Crippen LogP contribution in [0.15, 0.2) is 18.5 Å². The van der Waals surface area contributed by atoms with E-state index in [1.54, 1.807) is 12.4 Å². The molecule has 0 amide bonds. The van der Waals surface area contributed by atoms with E-state index in [0.717, 1.165) is 37.2 Å². The molecule has 5 nitrogen and oxygen atoms in total. The van der Waals surface area contributed by atoms with Gasteiger partial charge in [0, 0.05) is 18.8 Å². The van der Waals surface area contributed by atoms with E-state index in [2.05, 4.69) is 25.9 Å². The molecule has 3 rings (SSSR count). The van der Waals surface area contributed by atoms with Crippen LogP contribution in [-0.4, -0.2) is 26.7 Å². The van der Waals surface area contributed by atoms with Crippen LogP contribution >= 0.6 is 0 Å². The van der Waals surface area contributed by atoms with Crippen molar-refractivity contribution in [1.29, 1.82) is 0 Å². The summed E-state index contributed by atoms with van der Waals surface area (Å²) in [5.41, 5.74) is 8.67. The van der Waals surface area contributed by atoms with Gasteiger partial charge in [-0.15, -0.1) is 5.10 Å². The zero-order valence-corrected chi connectivity index (χ0v) is 12.4. The quantitative estimate of drug-likeness (QED) is 0.923. The predicted octanol–water partition coefficient (Wildman–Crippen LogP) is 1.38. The summed E-state index contributed by atoms with van der Waals surface area (Å²) in [5.74, 6) is 0.697. The lowest BCUT2D eigenvalue weighted by atomic mass is 9.90. The molecular formula is C16H22N5+. The van der Waals surface area contributed by atoms with Gasteiger partial charge in [-0.05, 0) is 42.9 Å². The Balaban J connectivity index is 2.10. The first-order chi connectivity index (χ1) is 10.4. The van der Waals surface area contributed by atoms with Gasteiger partial charge < -0.3 is 5.73 Å². The van der Waals surface area contributed by atoms with Crippen molar-refractivity contribution in [3.63, 3.8) is 0 Å². The Morgan fingerprint density at radius 3 is 2.33 bits per heavy atom. The van der Waals surface area contributed by atoms with E-state index in [0.29, 0.717) is 5.82 Å². The van der Waals surface area contributed by atoms with E-state index in [4.69, 9.17) is 0 Å². The molecule has 110 valence electrons. The number of nitrogens with zero attached hydrogens (tertiary/aromatic N) is 4. The fraction of sp³-hybridized carbons (Fsp3) is 0.500. The summed E-state index contributed by atoms with van der Waals surface area (Å²) in [6.45, 7) is 0.863. The Labute approximate surface area is 125 Å². The maximum absolute atomic E-state index is 4.46. The third-order valence-electron chi connectivity index (χ3n) is 4.06. The van der Waals surface area contributed by atoms with E-state index in [1.165, 1.54) is 36.8 Å². The molecule has 3 N–H and O–H groups in total. The van der Waals surface area contributed by atoms with Crippen LogP contribution in [0.25, 0.3) is 11.5 Å². The molecular weight excluding hydrogens is 262 g/mol. The first kappa shape index (κ1) is 14.1. The Kier molecular flexibility index (Phi) is 4.50. The third-order valence-corrected chi connectivity index (χ3v) is 4.06.